The van der Waals surface area contributed by atoms with Crippen LogP contribution >= 0.6 is 0 Å². The lowest BCUT2D eigenvalue weighted by atomic mass is 10.3. The molecule has 0 atom stereocenters. The summed E-state index contributed by atoms with van der Waals surface area (Å²) in [4.78, 5) is 9.35. The van der Waals surface area contributed by atoms with Crippen molar-refractivity contribution in [1.82, 2.24) is 0 Å². The van der Waals surface area contributed by atoms with E-state index in [4.69, 9.17) is 0 Å². The van der Waals surface area contributed by atoms with Crippen LogP contribution in [-0.2, 0) is 9.05 Å². The lowest BCUT2D eigenvalue weighted by Crippen LogP contribution is -1.96. The Balaban J connectivity index is 3.29. The van der Waals surface area contributed by atoms with Gasteiger partial charge >= 0.3 is 9.05 Å². The maximum absolute atomic E-state index is 10.8. The zero-order valence-corrected chi connectivity index (χ0v) is 7.84. The summed E-state index contributed by atoms with van der Waals surface area (Å²) in [5.74, 6) is 0. The number of non-ortho nitro benzene ring substituents is 1. The first-order chi connectivity index (χ1) is 5.91. The van der Waals surface area contributed by atoms with Crippen LogP contribution in [0.2, 0.25) is 0 Å². The van der Waals surface area contributed by atoms with E-state index in [1.807, 2.05) is 0 Å². The third-order valence-electron chi connectivity index (χ3n) is 1.32. The number of nitro benzene ring substituents is 1. The van der Waals surface area contributed by atoms with Gasteiger partial charge in [0.1, 0.15) is 4.90 Å². The van der Waals surface area contributed by atoms with Gasteiger partial charge in [0.25, 0.3) is 16.4 Å². The van der Waals surface area contributed by atoms with Gasteiger partial charge in [-0.1, -0.05) is 6.07 Å². The number of hydrogen-bond acceptors (Lipinski definition) is 4. The normalized spacial score (nSPS) is 11.2. The van der Waals surface area contributed by atoms with Crippen LogP contribution in [-0.4, -0.2) is 13.3 Å². The summed E-state index contributed by atoms with van der Waals surface area (Å²) < 4.78 is 21.6. The largest absolute Gasteiger partial charge is 0.409 e. The molecule has 1 rings (SSSR count). The van der Waals surface area contributed by atoms with Crippen LogP contribution in [0.4, 0.5) is 5.69 Å². The van der Waals surface area contributed by atoms with Crippen molar-refractivity contribution in [2.45, 2.75) is 4.90 Å². The predicted molar refractivity (Wildman–Crippen MR) is 41.7 cm³/mol. The number of halogens is 1. The molecule has 0 saturated heterocycles. The van der Waals surface area contributed by atoms with Gasteiger partial charge < -0.3 is 0 Å². The third kappa shape index (κ3) is 2.40. The first-order valence-electron chi connectivity index (χ1n) is 3.11. The number of nitro groups is 1. The van der Waals surface area contributed by atoms with Crippen molar-refractivity contribution >= 4 is 14.7 Å². The molecule has 0 heterocycles. The molecule has 13 heavy (non-hydrogen) atoms. The second kappa shape index (κ2) is 3.31. The van der Waals surface area contributed by atoms with Crippen molar-refractivity contribution in [2.24, 2.45) is 0 Å². The van der Waals surface area contributed by atoms with Crippen LogP contribution in [0.5, 0.6) is 0 Å². The van der Waals surface area contributed by atoms with E-state index in [9.17, 15) is 18.5 Å². The Labute approximate surface area is 78.5 Å². The van der Waals surface area contributed by atoms with Gasteiger partial charge in [0.2, 0.25) is 0 Å². The summed E-state index contributed by atoms with van der Waals surface area (Å²) in [6.45, 7) is 0. The van der Waals surface area contributed by atoms with Gasteiger partial charge in [0.05, 0.1) is 4.92 Å². The quantitative estimate of drug-likeness (QED) is 0.416. The Morgan fingerprint density at radius 1 is 1.38 bits per heavy atom. The molecule has 0 unspecified atom stereocenters. The molecule has 0 bridgehead atoms. The van der Waals surface area contributed by atoms with E-state index in [-0.39, 0.29) is 10.6 Å². The minimum absolute atomic E-state index is 0.225. The van der Waals surface area contributed by atoms with Crippen LogP contribution in [0.3, 0.4) is 0 Å². The molecule has 0 aliphatic rings. The second-order valence-electron chi connectivity index (χ2n) is 2.21. The van der Waals surface area contributed by atoms with E-state index in [1.54, 1.807) is 0 Å². The van der Waals surface area contributed by atoms with Crippen molar-refractivity contribution in [2.75, 3.05) is 0 Å². The van der Waals surface area contributed by atoms with Crippen molar-refractivity contribution in [3.8, 4) is 0 Å². The lowest BCUT2D eigenvalue weighted by molar-refractivity contribution is -0.385. The molecule has 0 spiro atoms. The molecule has 0 N–H and O–H groups in total. The van der Waals surface area contributed by atoms with Gasteiger partial charge in [-0.05, 0) is 6.07 Å². The summed E-state index contributed by atoms with van der Waals surface area (Å²) >= 11 is 0. The topological polar surface area (TPSA) is 77.3 Å². The number of hydrogen-bond donors (Lipinski definition) is 0. The van der Waals surface area contributed by atoms with Crippen LogP contribution in [0.15, 0.2) is 29.2 Å². The fourth-order valence-electron chi connectivity index (χ4n) is 0.753. The second-order valence-corrected chi connectivity index (χ2v) is 4.90. The average molecular weight is 223 g/mol. The molecule has 1 aromatic rings. The molecule has 70 valence electrons. The van der Waals surface area contributed by atoms with Gasteiger partial charge in [-0.3, -0.25) is 10.1 Å². The Bertz CT molecular complexity index is 442. The predicted octanol–water partition coefficient (Wildman–Crippen LogP) is 0.565. The smallest absolute Gasteiger partial charge is 0.258 e. The highest BCUT2D eigenvalue weighted by Gasteiger charge is 2.20. The van der Waals surface area contributed by atoms with Gasteiger partial charge in [-0.2, -0.15) is 8.42 Å². The Morgan fingerprint density at radius 3 is 2.46 bits per heavy atom. The van der Waals surface area contributed by atoms with Crippen LogP contribution in [0, 0.1) is 20.8 Å². The van der Waals surface area contributed by atoms with Crippen molar-refractivity contribution in [3.63, 3.8) is 0 Å². The molecule has 0 aliphatic carbocycles. The standard InChI is InChI=1S/C6H5ClNO4S/c7-13(11,12)6-3-1-2-5(4-6)8(9)10/h1-4,7H/q+1. The van der Waals surface area contributed by atoms with Crippen LogP contribution < -0.4 is 0 Å². The maximum atomic E-state index is 10.8. The maximum Gasteiger partial charge on any atom is 0.409 e. The zero-order chi connectivity index (χ0) is 10.1. The Hall–Kier alpha value is -1.14. The van der Waals surface area contributed by atoms with Gasteiger partial charge in [0.15, 0.2) is 0 Å². The molecular formula is C6H5ClNO4S+. The fourth-order valence-corrected chi connectivity index (χ4v) is 1.57. The molecule has 0 fully saturated rings. The summed E-state index contributed by atoms with van der Waals surface area (Å²) in [5, 5.41) is 10.3. The number of rotatable bonds is 2. The van der Waals surface area contributed by atoms with Gasteiger partial charge in [-0.25, -0.2) is 0 Å². The Kier molecular flexibility index (Phi) is 2.53. The molecule has 0 amide bonds. The van der Waals surface area contributed by atoms with E-state index in [0.29, 0.717) is 0 Å². The summed E-state index contributed by atoms with van der Waals surface area (Å²) in [6.07, 6.45) is 0. The molecular weight excluding hydrogens is 218 g/mol. The minimum Gasteiger partial charge on any atom is -0.258 e. The van der Waals surface area contributed by atoms with Gasteiger partial charge in [0, 0.05) is 12.1 Å². The highest BCUT2D eigenvalue weighted by atomic mass is 35.7. The molecule has 0 radical (unpaired) electrons. The SMILES string of the molecule is O=[N+]([O-])c1cccc(S(=O)(=O)[ClH+])c1. The minimum atomic E-state index is -3.78. The zero-order valence-electron chi connectivity index (χ0n) is 6.21. The average Bonchev–Trinajstić information content (AvgIpc) is 2.03. The molecule has 0 aromatic heterocycles. The summed E-state index contributed by atoms with van der Waals surface area (Å²) in [5.41, 5.74) is -0.286. The molecule has 1 aromatic carbocycles. The monoisotopic (exact) mass is 222 g/mol. The van der Waals surface area contributed by atoms with Crippen molar-refractivity contribution in [3.05, 3.63) is 34.4 Å². The Morgan fingerprint density at radius 2 is 2.00 bits per heavy atom. The van der Waals surface area contributed by atoms with Crippen LogP contribution in [0.25, 0.3) is 0 Å². The number of nitrogens with zero attached hydrogens (tertiary/aromatic N) is 1. The van der Waals surface area contributed by atoms with Crippen molar-refractivity contribution in [1.29, 1.82) is 0 Å². The lowest BCUT2D eigenvalue weighted by Gasteiger charge is -1.91. The van der Waals surface area contributed by atoms with Crippen molar-refractivity contribution < 1.29 is 24.0 Å². The molecule has 0 aliphatic heterocycles. The van der Waals surface area contributed by atoms with E-state index in [1.165, 1.54) is 18.2 Å². The van der Waals surface area contributed by atoms with E-state index >= 15 is 0 Å². The highest BCUT2D eigenvalue weighted by molar-refractivity contribution is 7.84. The van der Waals surface area contributed by atoms with Crippen LogP contribution in [0.1, 0.15) is 0 Å². The number of benzene rings is 1. The first-order valence-corrected chi connectivity index (χ1v) is 5.52. The fraction of sp³-hybridized carbons (Fsp3) is 0. The summed E-state index contributed by atoms with van der Waals surface area (Å²) in [6, 6.07) is 4.62. The third-order valence-corrected chi connectivity index (χ3v) is 2.73. The molecule has 5 nitrogen and oxygen atoms in total. The molecule has 0 saturated carbocycles. The highest BCUT2D eigenvalue weighted by Crippen LogP contribution is 2.17. The molecule has 7 heteroatoms. The van der Waals surface area contributed by atoms with E-state index < -0.39 is 14.0 Å². The summed E-state index contributed by atoms with van der Waals surface area (Å²) in [7, 11) is 0.367. The first kappa shape index (κ1) is 9.94. The van der Waals surface area contributed by atoms with Gasteiger partial charge in [-0.15, -0.1) is 0 Å². The van der Waals surface area contributed by atoms with E-state index in [2.05, 4.69) is 10.7 Å². The van der Waals surface area contributed by atoms with E-state index in [0.717, 1.165) is 6.07 Å².